The molecule has 0 aromatic heterocycles. The van der Waals surface area contributed by atoms with Crippen LogP contribution in [0.1, 0.15) is 0 Å². The van der Waals surface area contributed by atoms with E-state index >= 15 is 0 Å². The number of hydrogen-bond acceptors (Lipinski definition) is 5. The molecule has 5 rings (SSSR count). The summed E-state index contributed by atoms with van der Waals surface area (Å²) in [6, 6.07) is 14.4. The Hall–Kier alpha value is -3.32. The van der Waals surface area contributed by atoms with E-state index in [-0.39, 0.29) is 11.8 Å². The van der Waals surface area contributed by atoms with E-state index in [1.165, 1.54) is 0 Å². The molecule has 7 nitrogen and oxygen atoms in total. The van der Waals surface area contributed by atoms with Gasteiger partial charge in [0.05, 0.1) is 38.7 Å². The first-order valence-corrected chi connectivity index (χ1v) is 9.82. The van der Waals surface area contributed by atoms with Crippen molar-refractivity contribution < 1.29 is 23.8 Å². The van der Waals surface area contributed by atoms with Gasteiger partial charge in [-0.1, -0.05) is 12.2 Å². The predicted molar refractivity (Wildman–Crippen MR) is 111 cm³/mol. The summed E-state index contributed by atoms with van der Waals surface area (Å²) in [7, 11) is 3.19. The maximum atomic E-state index is 13.4. The standard InChI is InChI=1S/C23H22N2O5/c1-28-16-7-3-14(4-8-16)24-21(26)19-18-11-12-23(30-18)13-25(22(27)20(19)23)15-5-9-17(29-2)10-6-15/h3-12,18-20H,13H2,1-2H3,(H,24,26)/t18-,19+,20+,23-/m1/s1. The summed E-state index contributed by atoms with van der Waals surface area (Å²) in [6.45, 7) is 0.391. The van der Waals surface area contributed by atoms with Crippen molar-refractivity contribution in [3.05, 3.63) is 60.7 Å². The van der Waals surface area contributed by atoms with Crippen LogP contribution in [0.25, 0.3) is 0 Å². The highest BCUT2D eigenvalue weighted by atomic mass is 16.5. The Morgan fingerprint density at radius 2 is 1.70 bits per heavy atom. The second kappa shape index (κ2) is 6.88. The molecule has 1 spiro atoms. The second-order valence-electron chi connectivity index (χ2n) is 7.74. The first kappa shape index (κ1) is 18.7. The minimum Gasteiger partial charge on any atom is -0.497 e. The molecular weight excluding hydrogens is 384 g/mol. The molecule has 2 saturated heterocycles. The van der Waals surface area contributed by atoms with E-state index < -0.39 is 23.5 Å². The third-order valence-corrected chi connectivity index (χ3v) is 6.14. The summed E-state index contributed by atoms with van der Waals surface area (Å²) < 4.78 is 16.5. The summed E-state index contributed by atoms with van der Waals surface area (Å²) in [5.41, 5.74) is 0.655. The van der Waals surface area contributed by atoms with Crippen LogP contribution in [0.3, 0.4) is 0 Å². The Balaban J connectivity index is 1.39. The maximum Gasteiger partial charge on any atom is 0.234 e. The van der Waals surface area contributed by atoms with Crippen molar-refractivity contribution in [2.45, 2.75) is 11.7 Å². The number of nitrogens with one attached hydrogen (secondary N) is 1. The molecule has 0 aliphatic carbocycles. The zero-order valence-electron chi connectivity index (χ0n) is 16.7. The molecule has 0 saturated carbocycles. The van der Waals surface area contributed by atoms with E-state index in [0.717, 1.165) is 11.4 Å². The van der Waals surface area contributed by atoms with Crippen LogP contribution in [0.2, 0.25) is 0 Å². The SMILES string of the molecule is COc1ccc(NC(=O)[C@@H]2[C@H]3C(=O)N(c4ccc(OC)cc4)C[C@]34C=C[C@H]2O4)cc1. The summed E-state index contributed by atoms with van der Waals surface area (Å²) in [5.74, 6) is -0.00857. The highest BCUT2D eigenvalue weighted by Gasteiger charge is 2.67. The number of methoxy groups -OCH3 is 2. The predicted octanol–water partition coefficient (Wildman–Crippen LogP) is 2.63. The van der Waals surface area contributed by atoms with Crippen molar-refractivity contribution in [1.82, 2.24) is 0 Å². The van der Waals surface area contributed by atoms with Gasteiger partial charge in [-0.05, 0) is 48.5 Å². The third kappa shape index (κ3) is 2.77. The fourth-order valence-electron chi connectivity index (χ4n) is 4.68. The summed E-state index contributed by atoms with van der Waals surface area (Å²) >= 11 is 0. The lowest BCUT2D eigenvalue weighted by atomic mass is 9.77. The molecule has 2 fully saturated rings. The van der Waals surface area contributed by atoms with Gasteiger partial charge in [-0.15, -0.1) is 0 Å². The molecule has 0 radical (unpaired) electrons. The van der Waals surface area contributed by atoms with Crippen molar-refractivity contribution in [3.8, 4) is 11.5 Å². The minimum atomic E-state index is -0.760. The molecule has 3 aliphatic rings. The van der Waals surface area contributed by atoms with Crippen LogP contribution in [-0.2, 0) is 14.3 Å². The molecule has 4 atom stereocenters. The van der Waals surface area contributed by atoms with Crippen molar-refractivity contribution in [2.24, 2.45) is 11.8 Å². The zero-order chi connectivity index (χ0) is 20.9. The lowest BCUT2D eigenvalue weighted by molar-refractivity contribution is -0.128. The molecule has 30 heavy (non-hydrogen) atoms. The highest BCUT2D eigenvalue weighted by molar-refractivity contribution is 6.05. The van der Waals surface area contributed by atoms with E-state index in [4.69, 9.17) is 14.2 Å². The van der Waals surface area contributed by atoms with Crippen LogP contribution in [0, 0.1) is 11.8 Å². The number of amides is 2. The Morgan fingerprint density at radius 1 is 1.07 bits per heavy atom. The second-order valence-corrected chi connectivity index (χ2v) is 7.74. The van der Waals surface area contributed by atoms with Gasteiger partial charge in [-0.25, -0.2) is 0 Å². The summed E-state index contributed by atoms with van der Waals surface area (Å²) in [5, 5.41) is 2.92. The van der Waals surface area contributed by atoms with Gasteiger partial charge in [0.15, 0.2) is 0 Å². The zero-order valence-corrected chi connectivity index (χ0v) is 16.7. The molecule has 2 aromatic rings. The lowest BCUT2D eigenvalue weighted by Gasteiger charge is -2.23. The van der Waals surface area contributed by atoms with Gasteiger partial charge in [0.2, 0.25) is 11.8 Å². The van der Waals surface area contributed by atoms with E-state index in [9.17, 15) is 9.59 Å². The van der Waals surface area contributed by atoms with E-state index in [2.05, 4.69) is 5.32 Å². The highest BCUT2D eigenvalue weighted by Crippen LogP contribution is 2.52. The van der Waals surface area contributed by atoms with Crippen molar-refractivity contribution in [2.75, 3.05) is 31.0 Å². The van der Waals surface area contributed by atoms with Gasteiger partial charge in [0.25, 0.3) is 0 Å². The smallest absolute Gasteiger partial charge is 0.234 e. The number of fused-ring (bicyclic) bond motifs is 1. The normalized spacial score (nSPS) is 28.5. The number of nitrogens with zero attached hydrogens (tertiary/aromatic N) is 1. The molecule has 2 aromatic carbocycles. The monoisotopic (exact) mass is 406 g/mol. The number of carbonyl (C=O) groups is 2. The van der Waals surface area contributed by atoms with Crippen LogP contribution in [0.15, 0.2) is 60.7 Å². The minimum absolute atomic E-state index is 0.0955. The van der Waals surface area contributed by atoms with Crippen LogP contribution < -0.4 is 19.7 Å². The third-order valence-electron chi connectivity index (χ3n) is 6.14. The average molecular weight is 406 g/mol. The molecule has 2 amide bonds. The molecule has 154 valence electrons. The van der Waals surface area contributed by atoms with Gasteiger partial charge < -0.3 is 24.4 Å². The summed E-state index contributed by atoms with van der Waals surface area (Å²) in [6.07, 6.45) is 3.45. The molecule has 2 bridgehead atoms. The molecule has 3 aliphatic heterocycles. The fourth-order valence-corrected chi connectivity index (χ4v) is 4.68. The molecular formula is C23H22N2O5. The van der Waals surface area contributed by atoms with Crippen LogP contribution >= 0.6 is 0 Å². The van der Waals surface area contributed by atoms with Gasteiger partial charge in [-0.3, -0.25) is 9.59 Å². The lowest BCUT2D eigenvalue weighted by Crippen LogP contribution is -2.41. The van der Waals surface area contributed by atoms with E-state index in [1.54, 1.807) is 43.4 Å². The Kier molecular flexibility index (Phi) is 4.29. The van der Waals surface area contributed by atoms with Crippen molar-refractivity contribution in [3.63, 3.8) is 0 Å². The molecule has 0 unspecified atom stereocenters. The van der Waals surface area contributed by atoms with Gasteiger partial charge in [0, 0.05) is 11.4 Å². The van der Waals surface area contributed by atoms with Crippen LogP contribution in [-0.4, -0.2) is 44.3 Å². The van der Waals surface area contributed by atoms with E-state index in [0.29, 0.717) is 18.0 Å². The Labute approximate surface area is 174 Å². The van der Waals surface area contributed by atoms with Gasteiger partial charge in [-0.2, -0.15) is 0 Å². The molecule has 7 heteroatoms. The quantitative estimate of drug-likeness (QED) is 0.773. The first-order valence-electron chi connectivity index (χ1n) is 9.82. The number of carbonyl (C=O) groups excluding carboxylic acids is 2. The van der Waals surface area contributed by atoms with Crippen LogP contribution in [0.5, 0.6) is 11.5 Å². The number of hydrogen-bond donors (Lipinski definition) is 1. The average Bonchev–Trinajstić information content (AvgIpc) is 3.42. The summed E-state index contributed by atoms with van der Waals surface area (Å²) in [4.78, 5) is 28.2. The van der Waals surface area contributed by atoms with Crippen molar-refractivity contribution in [1.29, 1.82) is 0 Å². The largest absolute Gasteiger partial charge is 0.497 e. The van der Waals surface area contributed by atoms with Crippen LogP contribution in [0.4, 0.5) is 11.4 Å². The molecule has 1 N–H and O–H groups in total. The Bertz CT molecular complexity index is 1020. The fraction of sp³-hybridized carbons (Fsp3) is 0.304. The first-order chi connectivity index (χ1) is 14.5. The van der Waals surface area contributed by atoms with E-state index in [1.807, 2.05) is 36.4 Å². The topological polar surface area (TPSA) is 77.1 Å². The number of ether oxygens (including phenoxy) is 3. The number of anilines is 2. The Morgan fingerprint density at radius 3 is 2.33 bits per heavy atom. The maximum absolute atomic E-state index is 13.4. The van der Waals surface area contributed by atoms with Gasteiger partial charge >= 0.3 is 0 Å². The van der Waals surface area contributed by atoms with Gasteiger partial charge in [0.1, 0.15) is 17.1 Å². The van der Waals surface area contributed by atoms with Crippen molar-refractivity contribution >= 4 is 23.2 Å². The molecule has 3 heterocycles. The number of benzene rings is 2. The number of rotatable bonds is 5.